The fraction of sp³-hybridized carbons (Fsp3) is 0.310. The van der Waals surface area contributed by atoms with E-state index >= 15 is 0 Å². The highest BCUT2D eigenvalue weighted by atomic mass is 35.5. The number of fused-ring (bicyclic) bond motifs is 1. The number of pyridine rings is 2. The monoisotopic (exact) mass is 561 g/mol. The van der Waals surface area contributed by atoms with Gasteiger partial charge in [-0.2, -0.15) is 0 Å². The van der Waals surface area contributed by atoms with Crippen LogP contribution in [0, 0.1) is 0 Å². The third kappa shape index (κ3) is 9.04. The molecule has 2 heterocycles. The average molecular weight is 563 g/mol. The minimum atomic E-state index is -0.00446. The van der Waals surface area contributed by atoms with Gasteiger partial charge in [0.1, 0.15) is 5.75 Å². The molecule has 2 aromatic heterocycles. The van der Waals surface area contributed by atoms with Crippen LogP contribution in [-0.4, -0.2) is 34.1 Å². The fourth-order valence-corrected chi connectivity index (χ4v) is 4.42. The van der Waals surface area contributed by atoms with Gasteiger partial charge in [0.2, 0.25) is 0 Å². The van der Waals surface area contributed by atoms with Crippen molar-refractivity contribution in [1.82, 2.24) is 14.5 Å². The van der Waals surface area contributed by atoms with E-state index in [2.05, 4.69) is 22.0 Å². The van der Waals surface area contributed by atoms with Gasteiger partial charge in [-0.1, -0.05) is 35.9 Å². The first kappa shape index (κ1) is 30.7. The van der Waals surface area contributed by atoms with Crippen molar-refractivity contribution < 1.29 is 4.74 Å². The maximum absolute atomic E-state index is 11.8. The lowest BCUT2D eigenvalue weighted by atomic mass is 10.1. The van der Waals surface area contributed by atoms with Gasteiger partial charge in [0.25, 0.3) is 5.56 Å². The standard InChI is InChI=1S/C29H32ClN3O2.2ClH/c1-32-28-13-12-26(20-24(28)11-14-29(32)34)35-19-6-2-5-17-33(18-15-23-8-7-16-31-21-23)22-25-9-3-4-10-27(25)30;;/h3-4,7-14,16,20-21H,2,5-6,15,17-19,22H2,1H3;2*1H. The molecule has 0 aliphatic heterocycles. The topological polar surface area (TPSA) is 47.4 Å². The van der Waals surface area contributed by atoms with Gasteiger partial charge >= 0.3 is 0 Å². The highest BCUT2D eigenvalue weighted by Gasteiger charge is 2.09. The number of hydrogen-bond donors (Lipinski definition) is 0. The highest BCUT2D eigenvalue weighted by Crippen LogP contribution is 2.20. The zero-order valence-corrected chi connectivity index (χ0v) is 23.4. The fourth-order valence-electron chi connectivity index (χ4n) is 4.23. The van der Waals surface area contributed by atoms with Gasteiger partial charge in [0, 0.05) is 49.0 Å². The van der Waals surface area contributed by atoms with Crippen molar-refractivity contribution in [2.75, 3.05) is 19.7 Å². The molecule has 0 bridgehead atoms. The van der Waals surface area contributed by atoms with Crippen molar-refractivity contribution in [1.29, 1.82) is 0 Å². The van der Waals surface area contributed by atoms with Crippen LogP contribution in [0.2, 0.25) is 5.02 Å². The number of unbranched alkanes of at least 4 members (excludes halogenated alkanes) is 2. The molecule has 4 aromatic rings. The molecule has 0 spiro atoms. The van der Waals surface area contributed by atoms with Gasteiger partial charge in [0.05, 0.1) is 12.1 Å². The number of halogens is 3. The normalized spacial score (nSPS) is 10.7. The third-order valence-corrected chi connectivity index (χ3v) is 6.64. The molecule has 8 heteroatoms. The molecule has 37 heavy (non-hydrogen) atoms. The minimum absolute atomic E-state index is 0. The second-order valence-electron chi connectivity index (χ2n) is 8.84. The van der Waals surface area contributed by atoms with Crippen LogP contribution < -0.4 is 10.3 Å². The Hall–Kier alpha value is -2.57. The van der Waals surface area contributed by atoms with Crippen LogP contribution in [-0.2, 0) is 20.0 Å². The Balaban J connectivity index is 0.00000241. The van der Waals surface area contributed by atoms with E-state index in [-0.39, 0.29) is 30.4 Å². The molecular formula is C29H34Cl3N3O2. The summed E-state index contributed by atoms with van der Waals surface area (Å²) in [6.45, 7) is 3.50. The van der Waals surface area contributed by atoms with Crippen molar-refractivity contribution in [2.45, 2.75) is 32.2 Å². The number of nitrogens with zero attached hydrogens (tertiary/aromatic N) is 3. The van der Waals surface area contributed by atoms with E-state index in [1.54, 1.807) is 17.7 Å². The summed E-state index contributed by atoms with van der Waals surface area (Å²) in [5.74, 6) is 0.841. The van der Waals surface area contributed by atoms with Gasteiger partial charge in [-0.25, -0.2) is 0 Å². The van der Waals surface area contributed by atoms with Crippen LogP contribution in [0.15, 0.2) is 83.9 Å². The lowest BCUT2D eigenvalue weighted by Crippen LogP contribution is -2.27. The molecule has 0 aliphatic rings. The molecule has 0 saturated carbocycles. The number of rotatable bonds is 12. The lowest BCUT2D eigenvalue weighted by molar-refractivity contribution is 0.254. The molecule has 0 N–H and O–H groups in total. The Morgan fingerprint density at radius 1 is 0.946 bits per heavy atom. The van der Waals surface area contributed by atoms with Crippen molar-refractivity contribution in [3.8, 4) is 5.75 Å². The molecule has 0 unspecified atom stereocenters. The SMILES string of the molecule is Cl.Cl.Cn1c(=O)ccc2cc(OCCCCCN(CCc3cccnc3)Cc3ccccc3Cl)ccc21. The molecule has 0 radical (unpaired) electrons. The van der Waals surface area contributed by atoms with Crippen LogP contribution in [0.4, 0.5) is 0 Å². The van der Waals surface area contributed by atoms with Crippen molar-refractivity contribution in [3.63, 3.8) is 0 Å². The molecule has 0 aliphatic carbocycles. The molecule has 0 amide bonds. The first-order valence-electron chi connectivity index (χ1n) is 12.2. The first-order chi connectivity index (χ1) is 17.1. The van der Waals surface area contributed by atoms with E-state index in [0.717, 1.165) is 72.6 Å². The van der Waals surface area contributed by atoms with E-state index < -0.39 is 0 Å². The van der Waals surface area contributed by atoms with Crippen LogP contribution in [0.3, 0.4) is 0 Å². The Morgan fingerprint density at radius 3 is 2.57 bits per heavy atom. The third-order valence-electron chi connectivity index (χ3n) is 6.28. The van der Waals surface area contributed by atoms with E-state index in [9.17, 15) is 4.79 Å². The smallest absolute Gasteiger partial charge is 0.250 e. The molecular weight excluding hydrogens is 529 g/mol. The number of benzene rings is 2. The molecule has 0 saturated heterocycles. The molecule has 0 atom stereocenters. The second kappa shape index (κ2) is 15.6. The van der Waals surface area contributed by atoms with Crippen molar-refractivity contribution in [3.05, 3.63) is 106 Å². The van der Waals surface area contributed by atoms with Crippen LogP contribution in [0.1, 0.15) is 30.4 Å². The van der Waals surface area contributed by atoms with E-state index in [0.29, 0.717) is 6.61 Å². The molecule has 4 rings (SSSR count). The highest BCUT2D eigenvalue weighted by molar-refractivity contribution is 6.31. The summed E-state index contributed by atoms with van der Waals surface area (Å²) in [5.41, 5.74) is 3.32. The van der Waals surface area contributed by atoms with Crippen molar-refractivity contribution >= 4 is 47.3 Å². The summed E-state index contributed by atoms with van der Waals surface area (Å²) >= 11 is 6.43. The molecule has 5 nitrogen and oxygen atoms in total. The Labute approximate surface area is 236 Å². The maximum Gasteiger partial charge on any atom is 0.250 e. The van der Waals surface area contributed by atoms with Crippen LogP contribution >= 0.6 is 36.4 Å². The summed E-state index contributed by atoms with van der Waals surface area (Å²) < 4.78 is 7.64. The number of aromatic nitrogens is 2. The summed E-state index contributed by atoms with van der Waals surface area (Å²) in [6, 6.07) is 21.5. The Kier molecular flexibility index (Phi) is 12.9. The van der Waals surface area contributed by atoms with Gasteiger partial charge in [-0.05, 0) is 79.8 Å². The van der Waals surface area contributed by atoms with E-state index in [1.807, 2.05) is 60.9 Å². The van der Waals surface area contributed by atoms with Crippen LogP contribution in [0.25, 0.3) is 10.9 Å². The van der Waals surface area contributed by atoms with Gasteiger partial charge < -0.3 is 9.30 Å². The Morgan fingerprint density at radius 2 is 1.78 bits per heavy atom. The second-order valence-corrected chi connectivity index (χ2v) is 9.25. The first-order valence-corrected chi connectivity index (χ1v) is 12.6. The largest absolute Gasteiger partial charge is 0.494 e. The Bertz CT molecular complexity index is 1300. The van der Waals surface area contributed by atoms with E-state index in [1.165, 1.54) is 5.56 Å². The summed E-state index contributed by atoms with van der Waals surface area (Å²) in [4.78, 5) is 18.5. The molecule has 0 fully saturated rings. The average Bonchev–Trinajstić information content (AvgIpc) is 2.88. The quantitative estimate of drug-likeness (QED) is 0.180. The summed E-state index contributed by atoms with van der Waals surface area (Å²) in [5, 5.41) is 1.83. The van der Waals surface area contributed by atoms with Gasteiger partial charge in [-0.3, -0.25) is 14.7 Å². The predicted octanol–water partition coefficient (Wildman–Crippen LogP) is 6.72. The number of ether oxygens (including phenoxy) is 1. The van der Waals surface area contributed by atoms with Gasteiger partial charge in [-0.15, -0.1) is 24.8 Å². The number of aryl methyl sites for hydroxylation is 1. The maximum atomic E-state index is 11.8. The molecule has 198 valence electrons. The van der Waals surface area contributed by atoms with Gasteiger partial charge in [0.15, 0.2) is 0 Å². The summed E-state index contributed by atoms with van der Waals surface area (Å²) in [7, 11) is 1.79. The van der Waals surface area contributed by atoms with Crippen LogP contribution in [0.5, 0.6) is 5.75 Å². The molecule has 2 aromatic carbocycles. The van der Waals surface area contributed by atoms with Crippen molar-refractivity contribution in [2.24, 2.45) is 7.05 Å². The predicted molar refractivity (Wildman–Crippen MR) is 158 cm³/mol. The summed E-state index contributed by atoms with van der Waals surface area (Å²) in [6.07, 6.45) is 7.91. The van der Waals surface area contributed by atoms with E-state index in [4.69, 9.17) is 16.3 Å². The minimum Gasteiger partial charge on any atom is -0.494 e. The zero-order chi connectivity index (χ0) is 24.5. The number of hydrogen-bond acceptors (Lipinski definition) is 4. The zero-order valence-electron chi connectivity index (χ0n) is 21.0. The lowest BCUT2D eigenvalue weighted by Gasteiger charge is -2.23.